The molecule has 9 heteroatoms. The molecule has 1 N–H and O–H groups in total. The maximum Gasteiger partial charge on any atom is 0.453 e. The van der Waals surface area contributed by atoms with Crippen molar-refractivity contribution in [2.75, 3.05) is 18.5 Å². The highest BCUT2D eigenvalue weighted by Gasteiger charge is 2.37. The molecule has 0 atom stereocenters. The van der Waals surface area contributed by atoms with E-state index in [2.05, 4.69) is 41.4 Å². The molecular formula is C18H20F3N5O. The molecule has 0 saturated carbocycles. The molecule has 0 unspecified atom stereocenters. The number of fused-ring (bicyclic) bond motifs is 1. The number of nitrogens with zero attached hydrogens (tertiary/aromatic N) is 4. The predicted molar refractivity (Wildman–Crippen MR) is 94.9 cm³/mol. The zero-order chi connectivity index (χ0) is 19.7. The smallest absolute Gasteiger partial charge is 0.453 e. The fourth-order valence-corrected chi connectivity index (χ4v) is 2.46. The lowest BCUT2D eigenvalue weighted by Gasteiger charge is -2.19. The number of alkyl halides is 3. The molecule has 2 heterocycles. The fraction of sp³-hybridized carbons (Fsp3) is 0.389. The number of halogens is 3. The highest BCUT2D eigenvalue weighted by molar-refractivity contribution is 5.44. The molecule has 0 aliphatic carbocycles. The van der Waals surface area contributed by atoms with Crippen LogP contribution in [0.2, 0.25) is 0 Å². The number of nitrogens with one attached hydrogen (secondary N) is 1. The van der Waals surface area contributed by atoms with E-state index in [1.54, 1.807) is 6.07 Å². The van der Waals surface area contributed by atoms with Crippen LogP contribution in [0.25, 0.3) is 5.65 Å². The van der Waals surface area contributed by atoms with Crippen LogP contribution < -0.4 is 10.1 Å². The molecule has 0 saturated heterocycles. The van der Waals surface area contributed by atoms with Crippen LogP contribution in [0.1, 0.15) is 32.2 Å². The van der Waals surface area contributed by atoms with Crippen molar-refractivity contribution >= 4 is 11.5 Å². The molecule has 0 aliphatic heterocycles. The van der Waals surface area contributed by atoms with Crippen LogP contribution in [0.4, 0.5) is 19.0 Å². The third-order valence-corrected chi connectivity index (χ3v) is 3.89. The van der Waals surface area contributed by atoms with Crippen LogP contribution >= 0.6 is 0 Å². The van der Waals surface area contributed by atoms with Gasteiger partial charge in [0.05, 0.1) is 6.54 Å². The molecule has 2 aromatic heterocycles. The monoisotopic (exact) mass is 379 g/mol. The van der Waals surface area contributed by atoms with Gasteiger partial charge < -0.3 is 10.1 Å². The zero-order valence-electron chi connectivity index (χ0n) is 15.2. The first-order chi connectivity index (χ1) is 12.6. The van der Waals surface area contributed by atoms with Gasteiger partial charge in [-0.3, -0.25) is 0 Å². The highest BCUT2D eigenvalue weighted by atomic mass is 19.4. The molecule has 6 nitrogen and oxygen atoms in total. The van der Waals surface area contributed by atoms with E-state index in [1.165, 1.54) is 6.07 Å². The summed E-state index contributed by atoms with van der Waals surface area (Å²) >= 11 is 0. The van der Waals surface area contributed by atoms with E-state index in [4.69, 9.17) is 4.74 Å². The van der Waals surface area contributed by atoms with Crippen molar-refractivity contribution in [3.63, 3.8) is 0 Å². The minimum atomic E-state index is -4.62. The molecule has 0 amide bonds. The zero-order valence-corrected chi connectivity index (χ0v) is 15.2. The third-order valence-electron chi connectivity index (χ3n) is 3.89. The normalized spacial score (nSPS) is 12.4. The van der Waals surface area contributed by atoms with Crippen molar-refractivity contribution in [1.29, 1.82) is 0 Å². The molecule has 1 aromatic carbocycles. The Labute approximate surface area is 154 Å². The molecule has 0 fully saturated rings. The van der Waals surface area contributed by atoms with Gasteiger partial charge in [0.1, 0.15) is 18.2 Å². The van der Waals surface area contributed by atoms with Crippen molar-refractivity contribution in [2.24, 2.45) is 0 Å². The summed E-state index contributed by atoms with van der Waals surface area (Å²) in [5.41, 5.74) is 1.21. The minimum absolute atomic E-state index is 0.0198. The van der Waals surface area contributed by atoms with Crippen molar-refractivity contribution in [3.8, 4) is 5.75 Å². The lowest BCUT2D eigenvalue weighted by molar-refractivity contribution is -0.146. The number of hydrogen-bond donors (Lipinski definition) is 1. The van der Waals surface area contributed by atoms with Crippen LogP contribution in [-0.2, 0) is 11.6 Å². The van der Waals surface area contributed by atoms with Gasteiger partial charge in [-0.2, -0.15) is 17.7 Å². The summed E-state index contributed by atoms with van der Waals surface area (Å²) in [7, 11) is 0. The van der Waals surface area contributed by atoms with E-state index >= 15 is 0 Å². The van der Waals surface area contributed by atoms with E-state index < -0.39 is 12.0 Å². The highest BCUT2D eigenvalue weighted by Crippen LogP contribution is 2.28. The summed E-state index contributed by atoms with van der Waals surface area (Å²) in [5.74, 6) is -0.137. The van der Waals surface area contributed by atoms with Gasteiger partial charge in [-0.25, -0.2) is 0 Å². The quantitative estimate of drug-likeness (QED) is 0.681. The Balaban J connectivity index is 1.61. The second-order valence-electron chi connectivity index (χ2n) is 7.06. The van der Waals surface area contributed by atoms with Gasteiger partial charge in [-0.05, 0) is 35.2 Å². The van der Waals surface area contributed by atoms with Crippen LogP contribution in [0.15, 0.2) is 36.4 Å². The lowest BCUT2D eigenvalue weighted by Crippen LogP contribution is -2.16. The molecule has 3 aromatic rings. The number of anilines is 1. The predicted octanol–water partition coefficient (Wildman–Crippen LogP) is 3.93. The standard InChI is InChI=1S/C18H20F3N5O/c1-17(2,3)12-5-4-6-13(11-12)27-10-9-22-14-7-8-15-23-24-16(18(19,20)21)26(15)25-14/h4-8,11H,9-10H2,1-3H3,(H,22,25). The first-order valence-corrected chi connectivity index (χ1v) is 8.41. The topological polar surface area (TPSA) is 64.3 Å². The van der Waals surface area contributed by atoms with Crippen molar-refractivity contribution in [3.05, 3.63) is 47.8 Å². The molecule has 27 heavy (non-hydrogen) atoms. The van der Waals surface area contributed by atoms with Gasteiger partial charge in [0.15, 0.2) is 5.65 Å². The lowest BCUT2D eigenvalue weighted by atomic mass is 9.87. The van der Waals surface area contributed by atoms with E-state index in [0.29, 0.717) is 17.7 Å². The van der Waals surface area contributed by atoms with E-state index in [0.717, 1.165) is 11.3 Å². The largest absolute Gasteiger partial charge is 0.492 e. The molecule has 0 aliphatic rings. The summed E-state index contributed by atoms with van der Waals surface area (Å²) < 4.78 is 45.1. The summed E-state index contributed by atoms with van der Waals surface area (Å²) in [6, 6.07) is 10.8. The number of ether oxygens (including phenoxy) is 1. The van der Waals surface area contributed by atoms with E-state index in [1.807, 2.05) is 24.3 Å². The Morgan fingerprint density at radius 3 is 2.56 bits per heavy atom. The summed E-state index contributed by atoms with van der Waals surface area (Å²) in [4.78, 5) is 0. The molecule has 0 spiro atoms. The average molecular weight is 379 g/mol. The number of benzene rings is 1. The fourth-order valence-electron chi connectivity index (χ4n) is 2.46. The second kappa shape index (κ2) is 7.05. The average Bonchev–Trinajstić information content (AvgIpc) is 3.02. The molecule has 3 rings (SSSR count). The summed E-state index contributed by atoms with van der Waals surface area (Å²) in [6.45, 7) is 7.07. The SMILES string of the molecule is CC(C)(C)c1cccc(OCCNc2ccc3nnc(C(F)(F)F)n3n2)c1. The number of hydrogen-bond acceptors (Lipinski definition) is 5. The first kappa shape index (κ1) is 18.9. The van der Waals surface area contributed by atoms with Gasteiger partial charge in [0.2, 0.25) is 0 Å². The van der Waals surface area contributed by atoms with Gasteiger partial charge in [0, 0.05) is 0 Å². The first-order valence-electron chi connectivity index (χ1n) is 8.41. The van der Waals surface area contributed by atoms with Gasteiger partial charge >= 0.3 is 6.18 Å². The van der Waals surface area contributed by atoms with Crippen molar-refractivity contribution in [1.82, 2.24) is 19.8 Å². The molecular weight excluding hydrogens is 359 g/mol. The van der Waals surface area contributed by atoms with Gasteiger partial charge in [-0.1, -0.05) is 32.9 Å². The van der Waals surface area contributed by atoms with Gasteiger partial charge in [-0.15, -0.1) is 15.3 Å². The number of rotatable bonds is 5. The van der Waals surface area contributed by atoms with Gasteiger partial charge in [0.25, 0.3) is 5.82 Å². The Morgan fingerprint density at radius 2 is 1.85 bits per heavy atom. The Kier molecular flexibility index (Phi) is 4.95. The van der Waals surface area contributed by atoms with Crippen LogP contribution in [0.5, 0.6) is 5.75 Å². The van der Waals surface area contributed by atoms with E-state index in [-0.39, 0.29) is 16.9 Å². The summed E-state index contributed by atoms with van der Waals surface area (Å²) in [6.07, 6.45) is -4.62. The van der Waals surface area contributed by atoms with Crippen molar-refractivity contribution < 1.29 is 17.9 Å². The Hall–Kier alpha value is -2.84. The number of aromatic nitrogens is 4. The van der Waals surface area contributed by atoms with Crippen LogP contribution in [-0.4, -0.2) is 33.0 Å². The minimum Gasteiger partial charge on any atom is -0.492 e. The molecule has 144 valence electrons. The Bertz CT molecular complexity index is 931. The van der Waals surface area contributed by atoms with E-state index in [9.17, 15) is 13.2 Å². The maximum absolute atomic E-state index is 12.9. The van der Waals surface area contributed by atoms with Crippen LogP contribution in [0, 0.1) is 0 Å². The molecule has 0 radical (unpaired) electrons. The third kappa shape index (κ3) is 4.47. The Morgan fingerprint density at radius 1 is 1.07 bits per heavy atom. The molecule has 0 bridgehead atoms. The summed E-state index contributed by atoms with van der Waals surface area (Å²) in [5, 5.41) is 13.5. The van der Waals surface area contributed by atoms with Crippen molar-refractivity contribution in [2.45, 2.75) is 32.4 Å². The van der Waals surface area contributed by atoms with Crippen LogP contribution in [0.3, 0.4) is 0 Å². The maximum atomic E-state index is 12.9. The second-order valence-corrected chi connectivity index (χ2v) is 7.06.